The van der Waals surface area contributed by atoms with E-state index in [4.69, 9.17) is 4.74 Å². The molecule has 5 rings (SSSR count). The number of fused-ring (bicyclic) bond motifs is 2. The number of nitrogens with zero attached hydrogens (tertiary/aromatic N) is 1. The monoisotopic (exact) mass is 423 g/mol. The molecule has 1 aliphatic heterocycles. The van der Waals surface area contributed by atoms with Crippen LogP contribution in [0.25, 0.3) is 21.8 Å². The number of aromatic amines is 2. The maximum Gasteiger partial charge on any atom is 0.119 e. The molecule has 2 aromatic carbocycles. The lowest BCUT2D eigenvalue weighted by Gasteiger charge is -2.32. The van der Waals surface area contributed by atoms with E-state index >= 15 is 0 Å². The Bertz CT molecular complexity index is 1110. The molecule has 3 heterocycles. The predicted molar refractivity (Wildman–Crippen MR) is 127 cm³/mol. The molecule has 2 N–H and O–H groups in total. The van der Waals surface area contributed by atoms with Crippen molar-refractivity contribution in [3.05, 3.63) is 66.0 Å². The number of hydrogen-bond acceptors (Lipinski definition) is 2. The maximum atomic E-state index is 5.43. The Morgan fingerprint density at radius 2 is 1.73 bits per heavy atom. The molecule has 1 saturated heterocycles. The van der Waals surface area contributed by atoms with Gasteiger partial charge in [0, 0.05) is 34.2 Å². The van der Waals surface area contributed by atoms with E-state index in [1.807, 2.05) is 6.07 Å². The van der Waals surface area contributed by atoms with Gasteiger partial charge in [0.05, 0.1) is 7.11 Å². The van der Waals surface area contributed by atoms with Gasteiger partial charge >= 0.3 is 0 Å². The normalized spacial score (nSPS) is 15.5. The second kappa shape index (κ2) is 9.15. The Labute approximate surface area is 184 Å². The summed E-state index contributed by atoms with van der Waals surface area (Å²) in [6.07, 6.45) is 9.22. The molecule has 4 aromatic rings. The third-order valence-corrected chi connectivity index (χ3v) is 6.54. The van der Waals surface area contributed by atoms with Gasteiger partial charge in [0.25, 0.3) is 0 Å². The number of rotatable bonds is 6. The SMILES string of the molecule is COc1ccc2[nH]cc(C3CCN(CCCc4c[nH]c5ccccc45)CC3)c2c1.Cl. The van der Waals surface area contributed by atoms with Gasteiger partial charge in [-0.05, 0) is 86.6 Å². The van der Waals surface area contributed by atoms with Crippen LogP contribution < -0.4 is 4.74 Å². The first-order valence-electron chi connectivity index (χ1n) is 10.7. The number of para-hydroxylation sites is 1. The number of hydrogen-bond donors (Lipinski definition) is 2. The Hall–Kier alpha value is -2.43. The molecule has 1 aliphatic rings. The van der Waals surface area contributed by atoms with E-state index in [2.05, 4.69) is 63.7 Å². The number of nitrogens with one attached hydrogen (secondary N) is 2. The second-order valence-corrected chi connectivity index (χ2v) is 8.23. The summed E-state index contributed by atoms with van der Waals surface area (Å²) in [5.74, 6) is 1.58. The number of aryl methyl sites for hydroxylation is 1. The van der Waals surface area contributed by atoms with E-state index in [9.17, 15) is 0 Å². The van der Waals surface area contributed by atoms with Crippen molar-refractivity contribution in [1.29, 1.82) is 0 Å². The van der Waals surface area contributed by atoms with Crippen LogP contribution in [0.5, 0.6) is 5.75 Å². The van der Waals surface area contributed by atoms with E-state index in [0.717, 1.165) is 12.2 Å². The van der Waals surface area contributed by atoms with Gasteiger partial charge < -0.3 is 19.6 Å². The molecule has 0 spiro atoms. The fourth-order valence-electron chi connectivity index (χ4n) is 4.89. The number of benzene rings is 2. The van der Waals surface area contributed by atoms with Crippen molar-refractivity contribution in [1.82, 2.24) is 14.9 Å². The zero-order valence-electron chi connectivity index (χ0n) is 17.5. The molecule has 4 nitrogen and oxygen atoms in total. The largest absolute Gasteiger partial charge is 0.497 e. The molecular weight excluding hydrogens is 394 g/mol. The van der Waals surface area contributed by atoms with Crippen molar-refractivity contribution in [2.75, 3.05) is 26.7 Å². The highest BCUT2D eigenvalue weighted by atomic mass is 35.5. The number of halogens is 1. The molecule has 0 radical (unpaired) electrons. The summed E-state index contributed by atoms with van der Waals surface area (Å²) in [5.41, 5.74) is 5.36. The van der Waals surface area contributed by atoms with Crippen molar-refractivity contribution in [3.8, 4) is 5.75 Å². The highest BCUT2D eigenvalue weighted by Gasteiger charge is 2.22. The topological polar surface area (TPSA) is 44.0 Å². The van der Waals surface area contributed by atoms with Gasteiger partial charge in [0.1, 0.15) is 5.75 Å². The van der Waals surface area contributed by atoms with Gasteiger partial charge in [-0.15, -0.1) is 12.4 Å². The number of aromatic nitrogens is 2. The number of likely N-dealkylation sites (tertiary alicyclic amines) is 1. The van der Waals surface area contributed by atoms with E-state index in [-0.39, 0.29) is 12.4 Å². The van der Waals surface area contributed by atoms with Crippen LogP contribution in [-0.2, 0) is 6.42 Å². The lowest BCUT2D eigenvalue weighted by molar-refractivity contribution is 0.211. The average Bonchev–Trinajstić information content (AvgIpc) is 3.38. The zero-order chi connectivity index (χ0) is 19.6. The molecule has 158 valence electrons. The quantitative estimate of drug-likeness (QED) is 0.406. The predicted octanol–water partition coefficient (Wildman–Crippen LogP) is 5.89. The molecule has 0 amide bonds. The highest BCUT2D eigenvalue weighted by Crippen LogP contribution is 2.34. The third-order valence-electron chi connectivity index (χ3n) is 6.54. The van der Waals surface area contributed by atoms with Gasteiger partial charge in [0.15, 0.2) is 0 Å². The summed E-state index contributed by atoms with van der Waals surface area (Å²) < 4.78 is 5.43. The van der Waals surface area contributed by atoms with E-state index in [1.54, 1.807) is 7.11 Å². The molecule has 0 aliphatic carbocycles. The summed E-state index contributed by atoms with van der Waals surface area (Å²) in [6.45, 7) is 3.57. The van der Waals surface area contributed by atoms with Gasteiger partial charge in [-0.1, -0.05) is 18.2 Å². The van der Waals surface area contributed by atoms with Crippen molar-refractivity contribution >= 4 is 34.2 Å². The third kappa shape index (κ3) is 4.07. The van der Waals surface area contributed by atoms with Gasteiger partial charge in [-0.25, -0.2) is 0 Å². The smallest absolute Gasteiger partial charge is 0.119 e. The molecule has 30 heavy (non-hydrogen) atoms. The Morgan fingerprint density at radius 3 is 2.57 bits per heavy atom. The van der Waals surface area contributed by atoms with E-state index in [1.165, 1.54) is 71.8 Å². The molecule has 2 aromatic heterocycles. The van der Waals surface area contributed by atoms with Crippen molar-refractivity contribution in [3.63, 3.8) is 0 Å². The van der Waals surface area contributed by atoms with Crippen molar-refractivity contribution < 1.29 is 4.74 Å². The molecule has 0 atom stereocenters. The summed E-state index contributed by atoms with van der Waals surface area (Å²) in [7, 11) is 1.74. The summed E-state index contributed by atoms with van der Waals surface area (Å²) >= 11 is 0. The molecule has 0 unspecified atom stereocenters. The van der Waals surface area contributed by atoms with Gasteiger partial charge in [0.2, 0.25) is 0 Å². The van der Waals surface area contributed by atoms with Crippen LogP contribution in [0.1, 0.15) is 36.3 Å². The first-order valence-corrected chi connectivity index (χ1v) is 10.7. The van der Waals surface area contributed by atoms with E-state index in [0.29, 0.717) is 5.92 Å². The van der Waals surface area contributed by atoms with Gasteiger partial charge in [-0.2, -0.15) is 0 Å². The lowest BCUT2D eigenvalue weighted by atomic mass is 9.89. The van der Waals surface area contributed by atoms with Crippen molar-refractivity contribution in [2.45, 2.75) is 31.6 Å². The summed E-state index contributed by atoms with van der Waals surface area (Å²) in [5, 5.41) is 2.70. The fourth-order valence-corrected chi connectivity index (χ4v) is 4.89. The van der Waals surface area contributed by atoms with Crippen LogP contribution >= 0.6 is 12.4 Å². The zero-order valence-corrected chi connectivity index (χ0v) is 18.3. The number of methoxy groups -OCH3 is 1. The van der Waals surface area contributed by atoms with Crippen LogP contribution in [0.3, 0.4) is 0 Å². The average molecular weight is 424 g/mol. The Morgan fingerprint density at radius 1 is 0.967 bits per heavy atom. The van der Waals surface area contributed by atoms with E-state index < -0.39 is 0 Å². The number of piperidine rings is 1. The van der Waals surface area contributed by atoms with Crippen LogP contribution in [0.15, 0.2) is 54.9 Å². The minimum Gasteiger partial charge on any atom is -0.497 e. The maximum absolute atomic E-state index is 5.43. The minimum atomic E-state index is 0. The summed E-state index contributed by atoms with van der Waals surface area (Å²) in [4.78, 5) is 9.48. The summed E-state index contributed by atoms with van der Waals surface area (Å²) in [6, 6.07) is 14.9. The number of H-pyrrole nitrogens is 2. The number of ether oxygens (including phenoxy) is 1. The lowest BCUT2D eigenvalue weighted by Crippen LogP contribution is -2.33. The molecule has 0 bridgehead atoms. The first-order chi connectivity index (χ1) is 14.3. The molecular formula is C25H30ClN3O. The Kier molecular flexibility index (Phi) is 6.35. The standard InChI is InChI=1S/C25H29N3O.ClH/c1-29-20-8-9-25-22(15-20)23(17-27-25)18-10-13-28(14-11-18)12-4-5-19-16-26-24-7-3-2-6-21(19)24;/h2-3,6-9,15-18,26-27H,4-5,10-14H2,1H3;1H. The van der Waals surface area contributed by atoms with Crippen LogP contribution in [-0.4, -0.2) is 41.6 Å². The fraction of sp³-hybridized carbons (Fsp3) is 0.360. The molecule has 0 saturated carbocycles. The van der Waals surface area contributed by atoms with Crippen molar-refractivity contribution in [2.24, 2.45) is 0 Å². The van der Waals surface area contributed by atoms with Crippen LogP contribution in [0.2, 0.25) is 0 Å². The first kappa shape index (κ1) is 20.8. The van der Waals surface area contributed by atoms with Gasteiger partial charge in [-0.3, -0.25) is 0 Å². The second-order valence-electron chi connectivity index (χ2n) is 8.23. The van der Waals surface area contributed by atoms with Crippen LogP contribution in [0, 0.1) is 0 Å². The molecule has 5 heteroatoms. The minimum absolute atomic E-state index is 0. The van der Waals surface area contributed by atoms with Crippen LogP contribution in [0.4, 0.5) is 0 Å². The highest BCUT2D eigenvalue weighted by molar-refractivity contribution is 5.86. The Balaban J connectivity index is 0.00000218. The molecule has 1 fully saturated rings.